The molecule has 0 spiro atoms. The van der Waals surface area contributed by atoms with Crippen molar-refractivity contribution in [2.45, 2.75) is 11.9 Å². The van der Waals surface area contributed by atoms with E-state index in [4.69, 9.17) is 5.73 Å². The van der Waals surface area contributed by atoms with Crippen LogP contribution >= 0.6 is 0 Å². The van der Waals surface area contributed by atoms with Crippen LogP contribution in [0.25, 0.3) is 16.8 Å². The number of pyridine rings is 2. The second-order valence-electron chi connectivity index (χ2n) is 6.67. The predicted octanol–water partition coefficient (Wildman–Crippen LogP) is 3.33. The topological polar surface area (TPSA) is 115 Å². The van der Waals surface area contributed by atoms with E-state index in [1.807, 2.05) is 0 Å². The first-order chi connectivity index (χ1) is 14.6. The number of benzene rings is 1. The lowest BCUT2D eigenvalue weighted by Gasteiger charge is -2.14. The number of anilines is 2. The van der Waals surface area contributed by atoms with E-state index >= 15 is 0 Å². The fourth-order valence-electron chi connectivity index (χ4n) is 3.07. The summed E-state index contributed by atoms with van der Waals surface area (Å²) in [5.41, 5.74) is 6.10. The summed E-state index contributed by atoms with van der Waals surface area (Å²) >= 11 is 0. The summed E-state index contributed by atoms with van der Waals surface area (Å²) in [4.78, 5) is 8.04. The van der Waals surface area contributed by atoms with Crippen molar-refractivity contribution in [3.63, 3.8) is 0 Å². The molecule has 1 aromatic carbocycles. The van der Waals surface area contributed by atoms with Gasteiger partial charge in [0.2, 0.25) is 16.0 Å². The average molecular weight is 448 g/mol. The quantitative estimate of drug-likeness (QED) is 0.484. The molecule has 0 radical (unpaired) electrons. The maximum absolute atomic E-state index is 13.2. The number of rotatable bonds is 5. The Hall–Kier alpha value is -3.67. The summed E-state index contributed by atoms with van der Waals surface area (Å²) < 4.78 is 68.3. The van der Waals surface area contributed by atoms with E-state index in [9.17, 15) is 21.6 Å². The number of halogens is 3. The van der Waals surface area contributed by atoms with E-state index in [1.54, 1.807) is 18.3 Å². The fourth-order valence-corrected chi connectivity index (χ4v) is 4.27. The molecular formula is C19H15F3N6O2S. The highest BCUT2D eigenvalue weighted by Crippen LogP contribution is 2.33. The molecule has 3 heterocycles. The number of hydrogen-bond acceptors (Lipinski definition) is 6. The van der Waals surface area contributed by atoms with Crippen LogP contribution in [0.3, 0.4) is 0 Å². The van der Waals surface area contributed by atoms with Crippen LogP contribution in [0, 0.1) is 0 Å². The lowest BCUT2D eigenvalue weighted by Crippen LogP contribution is -2.18. The molecule has 0 amide bonds. The molecule has 0 aliphatic carbocycles. The molecule has 0 bridgehead atoms. The van der Waals surface area contributed by atoms with E-state index in [2.05, 4.69) is 19.8 Å². The zero-order valence-electron chi connectivity index (χ0n) is 15.7. The third-order valence-corrected chi connectivity index (χ3v) is 5.60. The van der Waals surface area contributed by atoms with E-state index in [1.165, 1.54) is 35.1 Å². The molecule has 3 N–H and O–H groups in total. The van der Waals surface area contributed by atoms with Crippen LogP contribution in [0.4, 0.5) is 24.8 Å². The molecule has 8 nitrogen and oxygen atoms in total. The Morgan fingerprint density at radius 3 is 2.61 bits per heavy atom. The summed E-state index contributed by atoms with van der Waals surface area (Å²) in [5, 5.41) is 4.02. The number of hydrogen-bond donors (Lipinski definition) is 2. The molecule has 4 rings (SSSR count). The highest BCUT2D eigenvalue weighted by Gasteiger charge is 2.34. The van der Waals surface area contributed by atoms with Crippen LogP contribution < -0.4 is 10.5 Å². The Morgan fingerprint density at radius 2 is 1.84 bits per heavy atom. The van der Waals surface area contributed by atoms with E-state index < -0.39 is 27.5 Å². The standard InChI is InChI=1S/C19H15F3N6O2S/c20-19(21,22)16-4-2-1-3-13(16)11-31(29,30)27-15-7-14(8-24-9-15)12-5-6-17-25-18(23)26-28(17)10-12/h1-10,27H,11H2,(H2,23,26). The van der Waals surface area contributed by atoms with Gasteiger partial charge in [0.1, 0.15) is 0 Å². The average Bonchev–Trinajstić information content (AvgIpc) is 3.06. The maximum atomic E-state index is 13.2. The number of nitrogen functional groups attached to an aromatic ring is 1. The number of nitrogens with one attached hydrogen (secondary N) is 1. The summed E-state index contributed by atoms with van der Waals surface area (Å²) in [6.07, 6.45) is -0.231. The van der Waals surface area contributed by atoms with E-state index in [0.717, 1.165) is 12.1 Å². The van der Waals surface area contributed by atoms with Gasteiger partial charge >= 0.3 is 6.18 Å². The largest absolute Gasteiger partial charge is 0.416 e. The molecule has 0 saturated heterocycles. The smallest absolute Gasteiger partial charge is 0.366 e. The van der Waals surface area contributed by atoms with E-state index in [-0.39, 0.29) is 17.2 Å². The summed E-state index contributed by atoms with van der Waals surface area (Å²) in [6.45, 7) is 0. The van der Waals surface area contributed by atoms with Gasteiger partial charge in [-0.05, 0) is 29.8 Å². The molecule has 12 heteroatoms. The SMILES string of the molecule is Nc1nc2ccc(-c3cncc(NS(=O)(=O)Cc4ccccc4C(F)(F)F)c3)cn2n1. The van der Waals surface area contributed by atoms with Crippen molar-refractivity contribution < 1.29 is 21.6 Å². The summed E-state index contributed by atoms with van der Waals surface area (Å²) in [7, 11) is -4.13. The van der Waals surface area contributed by atoms with Gasteiger partial charge in [0.05, 0.1) is 23.2 Å². The van der Waals surface area contributed by atoms with Gasteiger partial charge in [0.25, 0.3) is 0 Å². The van der Waals surface area contributed by atoms with Gasteiger partial charge in [-0.1, -0.05) is 18.2 Å². The first kappa shape index (κ1) is 20.6. The van der Waals surface area contributed by atoms with Crippen molar-refractivity contribution in [1.29, 1.82) is 0 Å². The Bertz CT molecular complexity index is 1370. The van der Waals surface area contributed by atoms with Crippen molar-refractivity contribution >= 4 is 27.3 Å². The number of sulfonamides is 1. The van der Waals surface area contributed by atoms with Crippen LogP contribution in [-0.4, -0.2) is 28.0 Å². The van der Waals surface area contributed by atoms with Crippen molar-refractivity contribution in [1.82, 2.24) is 19.6 Å². The number of aromatic nitrogens is 4. The molecule has 31 heavy (non-hydrogen) atoms. The van der Waals surface area contributed by atoms with Gasteiger partial charge in [-0.3, -0.25) is 9.71 Å². The lowest BCUT2D eigenvalue weighted by molar-refractivity contribution is -0.138. The second kappa shape index (κ2) is 7.54. The second-order valence-corrected chi connectivity index (χ2v) is 8.39. The normalized spacial score (nSPS) is 12.2. The number of nitrogens with two attached hydrogens (primary N) is 1. The maximum Gasteiger partial charge on any atom is 0.416 e. The van der Waals surface area contributed by atoms with Crippen LogP contribution in [0.1, 0.15) is 11.1 Å². The molecule has 160 valence electrons. The molecule has 0 unspecified atom stereocenters. The highest BCUT2D eigenvalue weighted by molar-refractivity contribution is 7.91. The van der Waals surface area contributed by atoms with Crippen LogP contribution in [0.5, 0.6) is 0 Å². The van der Waals surface area contributed by atoms with Gasteiger partial charge in [-0.2, -0.15) is 18.2 Å². The highest BCUT2D eigenvalue weighted by atomic mass is 32.2. The van der Waals surface area contributed by atoms with Gasteiger partial charge in [0, 0.05) is 23.5 Å². The summed E-state index contributed by atoms with van der Waals surface area (Å²) in [5.74, 6) is -0.729. The number of fused-ring (bicyclic) bond motifs is 1. The zero-order valence-corrected chi connectivity index (χ0v) is 16.5. The Morgan fingerprint density at radius 1 is 1.06 bits per heavy atom. The minimum atomic E-state index is -4.66. The van der Waals surface area contributed by atoms with Crippen LogP contribution in [-0.2, 0) is 22.0 Å². The fraction of sp³-hybridized carbons (Fsp3) is 0.105. The Labute approximate surface area is 174 Å². The van der Waals surface area contributed by atoms with Crippen molar-refractivity contribution in [2.75, 3.05) is 10.5 Å². The van der Waals surface area contributed by atoms with Crippen molar-refractivity contribution in [3.05, 3.63) is 72.2 Å². The minimum absolute atomic E-state index is 0.107. The van der Waals surface area contributed by atoms with Crippen molar-refractivity contribution in [3.8, 4) is 11.1 Å². The minimum Gasteiger partial charge on any atom is -0.366 e. The van der Waals surface area contributed by atoms with Gasteiger partial charge < -0.3 is 5.73 Å². The Kier molecular flexibility index (Phi) is 5.01. The molecule has 0 saturated carbocycles. The van der Waals surface area contributed by atoms with Crippen LogP contribution in [0.2, 0.25) is 0 Å². The van der Waals surface area contributed by atoms with E-state index in [0.29, 0.717) is 16.8 Å². The van der Waals surface area contributed by atoms with Gasteiger partial charge in [0.15, 0.2) is 5.65 Å². The lowest BCUT2D eigenvalue weighted by atomic mass is 10.1. The molecule has 0 aliphatic rings. The predicted molar refractivity (Wildman–Crippen MR) is 108 cm³/mol. The third-order valence-electron chi connectivity index (χ3n) is 4.36. The molecule has 0 fully saturated rings. The molecule has 4 aromatic rings. The van der Waals surface area contributed by atoms with Gasteiger partial charge in [-0.25, -0.2) is 12.9 Å². The first-order valence-electron chi connectivity index (χ1n) is 8.84. The Balaban J connectivity index is 1.60. The first-order valence-corrected chi connectivity index (χ1v) is 10.5. The molecule has 3 aromatic heterocycles. The van der Waals surface area contributed by atoms with Crippen LogP contribution in [0.15, 0.2) is 61.1 Å². The molecule has 0 aliphatic heterocycles. The summed E-state index contributed by atoms with van der Waals surface area (Å²) in [6, 6.07) is 9.48. The molecule has 0 atom stereocenters. The number of nitrogens with zero attached hydrogens (tertiary/aromatic N) is 4. The third kappa shape index (κ3) is 4.58. The monoisotopic (exact) mass is 448 g/mol. The van der Waals surface area contributed by atoms with Gasteiger partial charge in [-0.15, -0.1) is 5.10 Å². The van der Waals surface area contributed by atoms with Crippen molar-refractivity contribution in [2.24, 2.45) is 0 Å². The zero-order chi connectivity index (χ0) is 22.2. The molecular weight excluding hydrogens is 433 g/mol. The number of alkyl halides is 3.